The Morgan fingerprint density at radius 1 is 1.18 bits per heavy atom. The predicted molar refractivity (Wildman–Crippen MR) is 130 cm³/mol. The van der Waals surface area contributed by atoms with Crippen LogP contribution in [0.4, 0.5) is 4.39 Å². The second-order valence-electron chi connectivity index (χ2n) is 9.33. The number of nitrogens with zero attached hydrogens (tertiary/aromatic N) is 8. The number of halogens is 1. The Hall–Kier alpha value is -4.81. The third-order valence-corrected chi connectivity index (χ3v) is 6.94. The Kier molecular flexibility index (Phi) is 5.09. The van der Waals surface area contributed by atoms with Crippen molar-refractivity contribution in [1.29, 1.82) is 0 Å². The van der Waals surface area contributed by atoms with Crippen molar-refractivity contribution in [3.8, 4) is 17.4 Å². The van der Waals surface area contributed by atoms with Crippen LogP contribution in [-0.2, 0) is 6.54 Å². The number of fused-ring (bicyclic) bond motifs is 2. The fourth-order valence-electron chi connectivity index (χ4n) is 4.79. The van der Waals surface area contributed by atoms with Crippen LogP contribution >= 0.6 is 0 Å². The van der Waals surface area contributed by atoms with Crippen molar-refractivity contribution >= 4 is 11.6 Å². The molecule has 38 heavy (non-hydrogen) atoms. The third kappa shape index (κ3) is 3.74. The molecule has 1 N–H and O–H groups in total. The SMILES string of the molecule is COc1ccc(-n2cnnn2)c(CNC(=O)c2cn3c(n2)OCC3c2cn3cc(C4CC4)ccc3n2)c1F. The van der Waals surface area contributed by atoms with Crippen molar-refractivity contribution < 1.29 is 18.7 Å². The molecule has 12 nitrogen and oxygen atoms in total. The summed E-state index contributed by atoms with van der Waals surface area (Å²) >= 11 is 0. The molecule has 1 amide bonds. The summed E-state index contributed by atoms with van der Waals surface area (Å²) in [5, 5.41) is 13.8. The maximum absolute atomic E-state index is 15.1. The highest BCUT2D eigenvalue weighted by Crippen LogP contribution is 2.40. The van der Waals surface area contributed by atoms with Gasteiger partial charge < -0.3 is 19.2 Å². The first-order chi connectivity index (χ1) is 18.6. The van der Waals surface area contributed by atoms with Crippen molar-refractivity contribution in [3.05, 3.63) is 77.5 Å². The van der Waals surface area contributed by atoms with E-state index in [1.807, 2.05) is 16.7 Å². The Morgan fingerprint density at radius 3 is 2.87 bits per heavy atom. The lowest BCUT2D eigenvalue weighted by atomic mass is 10.1. The number of carbonyl (C=O) groups is 1. The van der Waals surface area contributed by atoms with Crippen molar-refractivity contribution in [2.45, 2.75) is 31.3 Å². The van der Waals surface area contributed by atoms with Gasteiger partial charge in [-0.3, -0.25) is 9.36 Å². The highest BCUT2D eigenvalue weighted by atomic mass is 19.1. The van der Waals surface area contributed by atoms with Gasteiger partial charge in [0.1, 0.15) is 30.3 Å². The van der Waals surface area contributed by atoms with E-state index in [4.69, 9.17) is 14.5 Å². The van der Waals surface area contributed by atoms with Crippen molar-refractivity contribution in [1.82, 2.24) is 44.5 Å². The van der Waals surface area contributed by atoms with Gasteiger partial charge in [0, 0.05) is 30.7 Å². The summed E-state index contributed by atoms with van der Waals surface area (Å²) in [5.74, 6) is -0.410. The zero-order valence-corrected chi connectivity index (χ0v) is 20.3. The molecule has 1 saturated carbocycles. The second kappa shape index (κ2) is 8.64. The lowest BCUT2D eigenvalue weighted by Crippen LogP contribution is -2.25. The quantitative estimate of drug-likeness (QED) is 0.350. The first kappa shape index (κ1) is 22.4. The number of nitrogens with one attached hydrogen (secondary N) is 1. The van der Waals surface area contributed by atoms with Crippen LogP contribution in [0.5, 0.6) is 11.8 Å². The van der Waals surface area contributed by atoms with Gasteiger partial charge in [0.05, 0.1) is 18.5 Å². The van der Waals surface area contributed by atoms with E-state index in [1.54, 1.807) is 16.8 Å². The van der Waals surface area contributed by atoms with Crippen molar-refractivity contribution in [3.63, 3.8) is 0 Å². The van der Waals surface area contributed by atoms with Crippen LogP contribution in [0.1, 0.15) is 52.1 Å². The molecular weight excluding hydrogens is 493 g/mol. The van der Waals surface area contributed by atoms with Crippen LogP contribution in [0.3, 0.4) is 0 Å². The number of benzene rings is 1. The third-order valence-electron chi connectivity index (χ3n) is 6.94. The summed E-state index contributed by atoms with van der Waals surface area (Å²) in [7, 11) is 1.37. The topological polar surface area (TPSA) is 126 Å². The van der Waals surface area contributed by atoms with Crippen molar-refractivity contribution in [2.24, 2.45) is 0 Å². The molecule has 2 aliphatic rings. The van der Waals surface area contributed by atoms with Crippen LogP contribution in [0.2, 0.25) is 0 Å². The number of tetrazole rings is 1. The molecule has 1 aliphatic carbocycles. The molecule has 0 bridgehead atoms. The molecule has 0 spiro atoms. The molecule has 0 saturated heterocycles. The first-order valence-corrected chi connectivity index (χ1v) is 12.2. The molecule has 7 rings (SSSR count). The Bertz CT molecular complexity index is 1670. The van der Waals surface area contributed by atoms with Gasteiger partial charge in [0.15, 0.2) is 11.6 Å². The molecule has 1 fully saturated rings. The molecular formula is C25H22FN9O3. The Balaban J connectivity index is 1.12. The maximum atomic E-state index is 15.1. The van der Waals surface area contributed by atoms with Gasteiger partial charge in [-0.1, -0.05) is 6.07 Å². The monoisotopic (exact) mass is 515 g/mol. The van der Waals surface area contributed by atoms with Crippen LogP contribution in [0, 0.1) is 5.82 Å². The highest BCUT2D eigenvalue weighted by molar-refractivity contribution is 5.92. The minimum absolute atomic E-state index is 0.0417. The molecule has 192 valence electrons. The molecule has 1 unspecified atom stereocenters. The predicted octanol–water partition coefficient (Wildman–Crippen LogP) is 2.44. The zero-order chi connectivity index (χ0) is 25.8. The van der Waals surface area contributed by atoms with Gasteiger partial charge in [0.25, 0.3) is 11.9 Å². The number of rotatable bonds is 7. The molecule has 1 aliphatic heterocycles. The smallest absolute Gasteiger partial charge is 0.297 e. The van der Waals surface area contributed by atoms with Gasteiger partial charge in [-0.2, -0.15) is 4.98 Å². The summed E-state index contributed by atoms with van der Waals surface area (Å²) in [6.45, 7) is 0.229. The van der Waals surface area contributed by atoms with Gasteiger partial charge in [-0.05, 0) is 52.9 Å². The lowest BCUT2D eigenvalue weighted by molar-refractivity contribution is 0.0945. The van der Waals surface area contributed by atoms with Gasteiger partial charge in [0.2, 0.25) is 0 Å². The zero-order valence-electron chi connectivity index (χ0n) is 20.3. The minimum Gasteiger partial charge on any atom is -0.494 e. The fourth-order valence-corrected chi connectivity index (χ4v) is 4.79. The number of pyridine rings is 1. The largest absolute Gasteiger partial charge is 0.494 e. The molecule has 5 aromatic rings. The minimum atomic E-state index is -0.617. The maximum Gasteiger partial charge on any atom is 0.297 e. The number of ether oxygens (including phenoxy) is 2. The number of amides is 1. The summed E-state index contributed by atoms with van der Waals surface area (Å²) in [4.78, 5) is 22.1. The Labute approximate surface area is 215 Å². The van der Waals surface area contributed by atoms with Crippen LogP contribution in [0.25, 0.3) is 11.3 Å². The standard InChI is InChI=1S/C25H22FN9O3/c1-37-21-6-5-19(35-13-28-31-32-35)16(23(21)26)8-27-24(36)18-11-34-20(12-38-25(34)30-18)17-10-33-9-15(14-2-3-14)4-7-22(33)29-17/h4-7,9-11,13-14,20H,2-3,8,12H2,1H3,(H,27,36). The normalized spacial score (nSPS) is 16.4. The average Bonchev–Trinajstić information content (AvgIpc) is 3.29. The number of hydrogen-bond acceptors (Lipinski definition) is 8. The number of aromatic nitrogens is 8. The van der Waals surface area contributed by atoms with E-state index >= 15 is 4.39 Å². The summed E-state index contributed by atoms with van der Waals surface area (Å²) in [6.07, 6.45) is 9.57. The van der Waals surface area contributed by atoms with E-state index in [0.717, 1.165) is 11.3 Å². The summed E-state index contributed by atoms with van der Waals surface area (Å²) < 4.78 is 31.1. The molecule has 13 heteroatoms. The van der Waals surface area contributed by atoms with E-state index in [1.165, 1.54) is 42.6 Å². The van der Waals surface area contributed by atoms with Gasteiger partial charge >= 0.3 is 0 Å². The fraction of sp³-hybridized carbons (Fsp3) is 0.280. The Morgan fingerprint density at radius 2 is 2.08 bits per heavy atom. The molecule has 0 radical (unpaired) electrons. The second-order valence-corrected chi connectivity index (χ2v) is 9.33. The summed E-state index contributed by atoms with van der Waals surface area (Å²) in [5.41, 5.74) is 3.70. The molecule has 4 aromatic heterocycles. The van der Waals surface area contributed by atoms with E-state index in [9.17, 15) is 4.79 Å². The van der Waals surface area contributed by atoms with Gasteiger partial charge in [-0.25, -0.2) is 14.1 Å². The molecule has 5 heterocycles. The average molecular weight is 516 g/mol. The number of hydrogen-bond donors (Lipinski definition) is 1. The molecule has 1 aromatic carbocycles. The van der Waals surface area contributed by atoms with E-state index in [0.29, 0.717) is 24.2 Å². The number of methoxy groups -OCH3 is 1. The number of imidazole rings is 2. The molecule has 1 atom stereocenters. The van der Waals surface area contributed by atoms with E-state index in [2.05, 4.69) is 38.1 Å². The highest BCUT2D eigenvalue weighted by Gasteiger charge is 2.31. The van der Waals surface area contributed by atoms with Crippen LogP contribution in [-0.4, -0.2) is 58.8 Å². The summed E-state index contributed by atoms with van der Waals surface area (Å²) in [6, 6.07) is 7.37. The van der Waals surface area contributed by atoms with Crippen LogP contribution in [0.15, 0.2) is 49.2 Å². The van der Waals surface area contributed by atoms with E-state index < -0.39 is 11.7 Å². The van der Waals surface area contributed by atoms with E-state index in [-0.39, 0.29) is 29.6 Å². The first-order valence-electron chi connectivity index (χ1n) is 12.2. The number of carbonyl (C=O) groups excluding carboxylic acids is 1. The van der Waals surface area contributed by atoms with Gasteiger partial charge in [-0.15, -0.1) is 5.10 Å². The van der Waals surface area contributed by atoms with Crippen LogP contribution < -0.4 is 14.8 Å². The van der Waals surface area contributed by atoms with Crippen molar-refractivity contribution in [2.75, 3.05) is 13.7 Å². The lowest BCUT2D eigenvalue weighted by Gasteiger charge is -2.13.